The van der Waals surface area contributed by atoms with Crippen molar-refractivity contribution in [3.05, 3.63) is 42.4 Å². The predicted molar refractivity (Wildman–Crippen MR) is 61.9 cm³/mol. The third-order valence-corrected chi connectivity index (χ3v) is 2.52. The van der Waals surface area contributed by atoms with Crippen LogP contribution in [0.2, 0.25) is 0 Å². The Kier molecular flexibility index (Phi) is 2.50. The lowest BCUT2D eigenvalue weighted by Gasteiger charge is -2.07. The van der Waals surface area contributed by atoms with Crippen molar-refractivity contribution in [3.8, 4) is 11.5 Å². The largest absolute Gasteiger partial charge is 0.454 e. The SMILES string of the molecule is c1cc(CNc2ccncn2)c2c(c1)OCO2. The standard InChI is InChI=1S/C12H11N3O2/c1-2-9(12-10(3-1)16-8-17-12)6-14-11-4-5-13-7-15-11/h1-5,7H,6,8H2,(H,13,14,15). The lowest BCUT2D eigenvalue weighted by atomic mass is 10.2. The van der Waals surface area contributed by atoms with Crippen molar-refractivity contribution in [1.82, 2.24) is 9.97 Å². The molecule has 0 unspecified atom stereocenters. The number of aromatic nitrogens is 2. The van der Waals surface area contributed by atoms with E-state index in [0.29, 0.717) is 13.3 Å². The minimum absolute atomic E-state index is 0.292. The minimum Gasteiger partial charge on any atom is -0.454 e. The van der Waals surface area contributed by atoms with Gasteiger partial charge in [0.25, 0.3) is 0 Å². The Balaban J connectivity index is 1.76. The Morgan fingerprint density at radius 1 is 1.24 bits per heavy atom. The zero-order chi connectivity index (χ0) is 11.5. The summed E-state index contributed by atoms with van der Waals surface area (Å²) < 4.78 is 10.7. The van der Waals surface area contributed by atoms with Gasteiger partial charge >= 0.3 is 0 Å². The summed E-state index contributed by atoms with van der Waals surface area (Å²) in [6.45, 7) is 0.934. The van der Waals surface area contributed by atoms with Crippen molar-refractivity contribution >= 4 is 5.82 Å². The maximum Gasteiger partial charge on any atom is 0.231 e. The van der Waals surface area contributed by atoms with Crippen molar-refractivity contribution in [3.63, 3.8) is 0 Å². The Hall–Kier alpha value is -2.30. The predicted octanol–water partition coefficient (Wildman–Crippen LogP) is 1.82. The molecule has 17 heavy (non-hydrogen) atoms. The van der Waals surface area contributed by atoms with E-state index in [1.165, 1.54) is 6.33 Å². The number of nitrogens with zero attached hydrogens (tertiary/aromatic N) is 2. The van der Waals surface area contributed by atoms with Crippen LogP contribution in [-0.2, 0) is 6.54 Å². The lowest BCUT2D eigenvalue weighted by molar-refractivity contribution is 0.173. The molecule has 2 heterocycles. The first-order valence-corrected chi connectivity index (χ1v) is 5.31. The number of hydrogen-bond acceptors (Lipinski definition) is 5. The number of benzene rings is 1. The van der Waals surface area contributed by atoms with Crippen molar-refractivity contribution in [2.24, 2.45) is 0 Å². The molecule has 1 aliphatic rings. The summed E-state index contributed by atoms with van der Waals surface area (Å²) in [7, 11) is 0. The van der Waals surface area contributed by atoms with Gasteiger partial charge in [-0.15, -0.1) is 0 Å². The van der Waals surface area contributed by atoms with Crippen LogP contribution in [0.25, 0.3) is 0 Å². The molecule has 0 fully saturated rings. The minimum atomic E-state index is 0.292. The highest BCUT2D eigenvalue weighted by Crippen LogP contribution is 2.35. The monoisotopic (exact) mass is 229 g/mol. The van der Waals surface area contributed by atoms with Crippen LogP contribution in [0.3, 0.4) is 0 Å². The molecule has 0 spiro atoms. The van der Waals surface area contributed by atoms with Crippen LogP contribution in [0.4, 0.5) is 5.82 Å². The third-order valence-electron chi connectivity index (χ3n) is 2.52. The Morgan fingerprint density at radius 3 is 3.12 bits per heavy atom. The molecular weight excluding hydrogens is 218 g/mol. The maximum atomic E-state index is 5.42. The van der Waals surface area contributed by atoms with E-state index in [0.717, 1.165) is 22.9 Å². The molecule has 0 atom stereocenters. The fourth-order valence-corrected chi connectivity index (χ4v) is 1.71. The highest BCUT2D eigenvalue weighted by atomic mass is 16.7. The third kappa shape index (κ3) is 1.99. The molecule has 0 aliphatic carbocycles. The highest BCUT2D eigenvalue weighted by Gasteiger charge is 2.16. The van der Waals surface area contributed by atoms with Crippen molar-refractivity contribution < 1.29 is 9.47 Å². The molecule has 1 N–H and O–H groups in total. The molecule has 5 heteroatoms. The van der Waals surface area contributed by atoms with Gasteiger partial charge in [0.2, 0.25) is 6.79 Å². The number of fused-ring (bicyclic) bond motifs is 1. The number of hydrogen-bond donors (Lipinski definition) is 1. The van der Waals surface area contributed by atoms with E-state index in [9.17, 15) is 0 Å². The van der Waals surface area contributed by atoms with E-state index in [1.54, 1.807) is 6.20 Å². The van der Waals surface area contributed by atoms with Crippen molar-refractivity contribution in [1.29, 1.82) is 0 Å². The van der Waals surface area contributed by atoms with Gasteiger partial charge in [-0.3, -0.25) is 0 Å². The van der Waals surface area contributed by atoms with Gasteiger partial charge in [-0.05, 0) is 12.1 Å². The normalized spacial score (nSPS) is 12.5. The fourth-order valence-electron chi connectivity index (χ4n) is 1.71. The molecule has 2 aromatic rings. The van der Waals surface area contributed by atoms with Gasteiger partial charge < -0.3 is 14.8 Å². The Morgan fingerprint density at radius 2 is 2.24 bits per heavy atom. The first kappa shape index (κ1) is 9.89. The van der Waals surface area contributed by atoms with E-state index in [1.807, 2.05) is 24.3 Å². The zero-order valence-corrected chi connectivity index (χ0v) is 9.09. The molecule has 0 bridgehead atoms. The summed E-state index contributed by atoms with van der Waals surface area (Å²) in [6.07, 6.45) is 3.21. The molecule has 0 saturated carbocycles. The topological polar surface area (TPSA) is 56.3 Å². The summed E-state index contributed by atoms with van der Waals surface area (Å²) in [5.41, 5.74) is 1.05. The maximum absolute atomic E-state index is 5.42. The van der Waals surface area contributed by atoms with E-state index in [-0.39, 0.29) is 0 Å². The summed E-state index contributed by atoms with van der Waals surface area (Å²) in [5.74, 6) is 2.40. The average Bonchev–Trinajstić information content (AvgIpc) is 2.86. The van der Waals surface area contributed by atoms with Crippen LogP contribution in [0, 0.1) is 0 Å². The van der Waals surface area contributed by atoms with Gasteiger partial charge in [0, 0.05) is 18.3 Å². The number of rotatable bonds is 3. The van der Waals surface area contributed by atoms with Crippen LogP contribution in [-0.4, -0.2) is 16.8 Å². The van der Waals surface area contributed by atoms with Gasteiger partial charge in [-0.25, -0.2) is 9.97 Å². The first-order valence-electron chi connectivity index (χ1n) is 5.31. The van der Waals surface area contributed by atoms with Crippen LogP contribution in [0.15, 0.2) is 36.8 Å². The van der Waals surface area contributed by atoms with Gasteiger partial charge in [-0.2, -0.15) is 0 Å². The summed E-state index contributed by atoms with van der Waals surface area (Å²) in [4.78, 5) is 7.96. The molecule has 3 rings (SSSR count). The first-order chi connectivity index (χ1) is 8.43. The second-order valence-electron chi connectivity index (χ2n) is 3.60. The molecule has 1 aromatic carbocycles. The fraction of sp³-hybridized carbons (Fsp3) is 0.167. The van der Waals surface area contributed by atoms with Crippen molar-refractivity contribution in [2.45, 2.75) is 6.54 Å². The highest BCUT2D eigenvalue weighted by molar-refractivity contribution is 5.49. The number of nitrogens with one attached hydrogen (secondary N) is 1. The number of ether oxygens (including phenoxy) is 2. The van der Waals surface area contributed by atoms with Crippen LogP contribution >= 0.6 is 0 Å². The van der Waals surface area contributed by atoms with Gasteiger partial charge in [0.1, 0.15) is 12.1 Å². The zero-order valence-electron chi connectivity index (χ0n) is 9.09. The molecule has 86 valence electrons. The molecule has 1 aromatic heterocycles. The summed E-state index contributed by atoms with van der Waals surface area (Å²) >= 11 is 0. The molecule has 0 saturated heterocycles. The second-order valence-corrected chi connectivity index (χ2v) is 3.60. The molecule has 0 amide bonds. The molecule has 5 nitrogen and oxygen atoms in total. The Labute approximate surface area is 98.4 Å². The van der Waals surface area contributed by atoms with Crippen molar-refractivity contribution in [2.75, 3.05) is 12.1 Å². The van der Waals surface area contributed by atoms with Gasteiger partial charge in [0.05, 0.1) is 0 Å². The second kappa shape index (κ2) is 4.29. The van der Waals surface area contributed by atoms with E-state index >= 15 is 0 Å². The van der Waals surface area contributed by atoms with Crippen LogP contribution < -0.4 is 14.8 Å². The summed E-state index contributed by atoms with van der Waals surface area (Å²) in [6, 6.07) is 7.67. The van der Waals surface area contributed by atoms with E-state index in [2.05, 4.69) is 15.3 Å². The van der Waals surface area contributed by atoms with E-state index in [4.69, 9.17) is 9.47 Å². The summed E-state index contributed by atoms with van der Waals surface area (Å²) in [5, 5.41) is 3.20. The number of anilines is 1. The van der Waals surface area contributed by atoms with E-state index < -0.39 is 0 Å². The average molecular weight is 229 g/mol. The molecule has 1 aliphatic heterocycles. The Bertz CT molecular complexity index is 516. The van der Waals surface area contributed by atoms with Crippen LogP contribution in [0.5, 0.6) is 11.5 Å². The quantitative estimate of drug-likeness (QED) is 0.870. The van der Waals surface area contributed by atoms with Gasteiger partial charge in [0.15, 0.2) is 11.5 Å². The smallest absolute Gasteiger partial charge is 0.231 e. The van der Waals surface area contributed by atoms with Gasteiger partial charge in [-0.1, -0.05) is 12.1 Å². The lowest BCUT2D eigenvalue weighted by Crippen LogP contribution is -2.02. The molecular formula is C12H11N3O2. The van der Waals surface area contributed by atoms with Crippen LogP contribution in [0.1, 0.15) is 5.56 Å². The number of para-hydroxylation sites is 1. The molecule has 0 radical (unpaired) electrons.